The zero-order chi connectivity index (χ0) is 26.0. The lowest BCUT2D eigenvalue weighted by Crippen LogP contribution is -2.71. The highest BCUT2D eigenvalue weighted by molar-refractivity contribution is 6.12. The average Bonchev–Trinajstić information content (AvgIpc) is 2.82. The Kier molecular flexibility index (Phi) is 10.4. The first-order valence-electron chi connectivity index (χ1n) is 11.7. The van der Waals surface area contributed by atoms with Crippen LogP contribution in [0.3, 0.4) is 0 Å². The van der Waals surface area contributed by atoms with Gasteiger partial charge in [0.25, 0.3) is 5.91 Å². The van der Waals surface area contributed by atoms with Crippen molar-refractivity contribution >= 4 is 17.7 Å². The number of hydrogen-bond donors (Lipinski definition) is 6. The number of amides is 3. The molecular weight excluding hydrogens is 446 g/mol. The summed E-state index contributed by atoms with van der Waals surface area (Å²) >= 11 is 0. The summed E-state index contributed by atoms with van der Waals surface area (Å²) in [5, 5.41) is 16.9. The van der Waals surface area contributed by atoms with E-state index in [0.717, 1.165) is 11.1 Å². The van der Waals surface area contributed by atoms with Crippen molar-refractivity contribution in [3.63, 3.8) is 0 Å². The molecule has 0 aromatic heterocycles. The minimum atomic E-state index is -2.47. The van der Waals surface area contributed by atoms with E-state index in [9.17, 15) is 19.5 Å². The van der Waals surface area contributed by atoms with Crippen LogP contribution in [0, 0.1) is 17.8 Å². The first-order chi connectivity index (χ1) is 16.6. The van der Waals surface area contributed by atoms with Crippen LogP contribution in [0.1, 0.15) is 25.0 Å². The summed E-state index contributed by atoms with van der Waals surface area (Å²) in [7, 11) is 0. The minimum absolute atomic E-state index is 0.0687. The molecule has 190 valence electrons. The number of aliphatic hydroxyl groups is 1. The molecule has 9 N–H and O–H groups in total. The molecule has 0 bridgehead atoms. The molecule has 0 aliphatic carbocycles. The normalized spacial score (nSPS) is 15.6. The van der Waals surface area contributed by atoms with Crippen LogP contribution in [0.2, 0.25) is 0 Å². The van der Waals surface area contributed by atoms with Crippen molar-refractivity contribution < 1.29 is 19.5 Å². The maximum absolute atomic E-state index is 13.3. The molecule has 9 heteroatoms. The molecule has 2 aromatic rings. The van der Waals surface area contributed by atoms with E-state index >= 15 is 0 Å². The zero-order valence-electron chi connectivity index (χ0n) is 20.3. The number of carbonyl (C=O) groups excluding carboxylic acids is 3. The Balaban J connectivity index is 2.41. The molecule has 0 saturated carbocycles. The van der Waals surface area contributed by atoms with Crippen LogP contribution in [0.4, 0.5) is 0 Å². The van der Waals surface area contributed by atoms with Gasteiger partial charge >= 0.3 is 0 Å². The van der Waals surface area contributed by atoms with E-state index in [2.05, 4.69) is 10.6 Å². The third-order valence-electron chi connectivity index (χ3n) is 6.02. The van der Waals surface area contributed by atoms with Gasteiger partial charge in [-0.05, 0) is 30.0 Å². The summed E-state index contributed by atoms with van der Waals surface area (Å²) in [6.07, 6.45) is -0.993. The Morgan fingerprint density at radius 3 is 1.94 bits per heavy atom. The SMILES string of the molecule is CC(C)CNCC(O)C(Cc1ccccc1)C(C(N)=O)C(N)(C(N)=O)C(=O)NCc1ccccc1. The average molecular weight is 484 g/mol. The first kappa shape index (κ1) is 28.0. The van der Waals surface area contributed by atoms with Crippen LogP contribution in [0.15, 0.2) is 60.7 Å². The van der Waals surface area contributed by atoms with E-state index in [0.29, 0.717) is 12.5 Å². The molecular formula is C26H37N5O4. The third-order valence-corrected chi connectivity index (χ3v) is 6.02. The number of nitrogens with one attached hydrogen (secondary N) is 2. The smallest absolute Gasteiger partial charge is 0.250 e. The molecule has 0 spiro atoms. The van der Waals surface area contributed by atoms with Crippen molar-refractivity contribution in [2.45, 2.75) is 38.5 Å². The van der Waals surface area contributed by atoms with Crippen LogP contribution >= 0.6 is 0 Å². The van der Waals surface area contributed by atoms with Crippen LogP contribution in [0.25, 0.3) is 0 Å². The second kappa shape index (κ2) is 13.0. The van der Waals surface area contributed by atoms with Gasteiger partial charge in [0.05, 0.1) is 12.0 Å². The Hall–Kier alpha value is -3.27. The molecule has 2 aromatic carbocycles. The fourth-order valence-electron chi connectivity index (χ4n) is 4.14. The Morgan fingerprint density at radius 1 is 0.914 bits per heavy atom. The lowest BCUT2D eigenvalue weighted by molar-refractivity contribution is -0.147. The fraction of sp³-hybridized carbons (Fsp3) is 0.423. The van der Waals surface area contributed by atoms with Crippen LogP contribution < -0.4 is 27.8 Å². The predicted octanol–water partition coefficient (Wildman–Crippen LogP) is 0.0525. The maximum Gasteiger partial charge on any atom is 0.250 e. The highest BCUT2D eigenvalue weighted by Gasteiger charge is 2.54. The van der Waals surface area contributed by atoms with Gasteiger partial charge in [-0.3, -0.25) is 14.4 Å². The summed E-state index contributed by atoms with van der Waals surface area (Å²) in [6, 6.07) is 18.1. The first-order valence-corrected chi connectivity index (χ1v) is 11.7. The molecule has 3 amide bonds. The van der Waals surface area contributed by atoms with Gasteiger partial charge in [-0.15, -0.1) is 0 Å². The summed E-state index contributed by atoms with van der Waals surface area (Å²) in [6.45, 7) is 4.83. The van der Waals surface area contributed by atoms with Gasteiger partial charge in [0.2, 0.25) is 11.8 Å². The van der Waals surface area contributed by atoms with Crippen LogP contribution in [0.5, 0.6) is 0 Å². The predicted molar refractivity (Wildman–Crippen MR) is 134 cm³/mol. The molecule has 4 unspecified atom stereocenters. The van der Waals surface area contributed by atoms with E-state index in [-0.39, 0.29) is 19.5 Å². The lowest BCUT2D eigenvalue weighted by Gasteiger charge is -2.38. The van der Waals surface area contributed by atoms with E-state index < -0.39 is 41.2 Å². The van der Waals surface area contributed by atoms with E-state index in [4.69, 9.17) is 17.2 Å². The number of nitrogens with two attached hydrogens (primary N) is 3. The van der Waals surface area contributed by atoms with Crippen molar-refractivity contribution in [2.24, 2.45) is 35.0 Å². The van der Waals surface area contributed by atoms with Crippen molar-refractivity contribution in [1.82, 2.24) is 10.6 Å². The van der Waals surface area contributed by atoms with Crippen molar-refractivity contribution in [2.75, 3.05) is 13.1 Å². The van der Waals surface area contributed by atoms with Gasteiger partial charge in [0.15, 0.2) is 5.54 Å². The number of carbonyl (C=O) groups is 3. The monoisotopic (exact) mass is 483 g/mol. The van der Waals surface area contributed by atoms with Crippen molar-refractivity contribution in [3.8, 4) is 0 Å². The Bertz CT molecular complexity index is 970. The number of benzene rings is 2. The standard InChI is InChI=1S/C26H37N5O4/c1-17(2)14-30-16-21(32)20(13-18-9-5-3-6-10-18)22(23(27)33)26(29,24(28)34)25(35)31-15-19-11-7-4-8-12-19/h3-12,17,20-22,30,32H,13-16,29H2,1-2H3,(H2,27,33)(H2,28,34)(H,31,35). The minimum Gasteiger partial charge on any atom is -0.391 e. The Morgan fingerprint density at radius 2 is 1.46 bits per heavy atom. The Labute approximate surface area is 206 Å². The van der Waals surface area contributed by atoms with E-state index in [1.54, 1.807) is 24.3 Å². The lowest BCUT2D eigenvalue weighted by atomic mass is 9.70. The summed E-state index contributed by atoms with van der Waals surface area (Å²) in [5.74, 6) is -5.33. The van der Waals surface area contributed by atoms with Crippen molar-refractivity contribution in [1.29, 1.82) is 0 Å². The van der Waals surface area contributed by atoms with Crippen molar-refractivity contribution in [3.05, 3.63) is 71.8 Å². The molecule has 0 radical (unpaired) electrons. The summed E-state index contributed by atoms with van der Waals surface area (Å²) in [4.78, 5) is 38.7. The second-order valence-corrected chi connectivity index (χ2v) is 9.25. The fourth-order valence-corrected chi connectivity index (χ4v) is 4.14. The molecule has 4 atom stereocenters. The van der Waals surface area contributed by atoms with Gasteiger partial charge in [-0.25, -0.2) is 0 Å². The molecule has 0 saturated heterocycles. The number of primary amides is 2. The van der Waals surface area contributed by atoms with Gasteiger partial charge < -0.3 is 32.9 Å². The van der Waals surface area contributed by atoms with Gasteiger partial charge in [0.1, 0.15) is 0 Å². The van der Waals surface area contributed by atoms with Crippen LogP contribution in [-0.2, 0) is 27.3 Å². The quantitative estimate of drug-likeness (QED) is 0.207. The zero-order valence-corrected chi connectivity index (χ0v) is 20.3. The molecule has 9 nitrogen and oxygen atoms in total. The molecule has 2 rings (SSSR count). The van der Waals surface area contributed by atoms with Gasteiger partial charge in [-0.2, -0.15) is 0 Å². The highest BCUT2D eigenvalue weighted by Crippen LogP contribution is 2.30. The molecule has 0 aliphatic rings. The van der Waals surface area contributed by atoms with E-state index in [1.807, 2.05) is 50.2 Å². The molecule has 0 heterocycles. The van der Waals surface area contributed by atoms with Gasteiger partial charge in [-0.1, -0.05) is 74.5 Å². The topological polar surface area (TPSA) is 174 Å². The summed E-state index contributed by atoms with van der Waals surface area (Å²) < 4.78 is 0. The van der Waals surface area contributed by atoms with Gasteiger partial charge in [0, 0.05) is 19.0 Å². The molecule has 35 heavy (non-hydrogen) atoms. The molecule has 0 fully saturated rings. The highest BCUT2D eigenvalue weighted by atomic mass is 16.3. The number of aliphatic hydroxyl groups excluding tert-OH is 1. The summed E-state index contributed by atoms with van der Waals surface area (Å²) in [5.41, 5.74) is 16.8. The van der Waals surface area contributed by atoms with E-state index in [1.165, 1.54) is 0 Å². The number of hydrogen-bond acceptors (Lipinski definition) is 6. The number of rotatable bonds is 14. The largest absolute Gasteiger partial charge is 0.391 e. The maximum atomic E-state index is 13.3. The van der Waals surface area contributed by atoms with Crippen LogP contribution in [-0.4, -0.2) is 47.6 Å². The second-order valence-electron chi connectivity index (χ2n) is 9.25. The molecule has 0 aliphatic heterocycles. The third kappa shape index (κ3) is 7.61.